The second kappa shape index (κ2) is 7.59. The zero-order valence-electron chi connectivity index (χ0n) is 14.8. The molecule has 1 aromatic rings. The van der Waals surface area contributed by atoms with Crippen LogP contribution in [0.2, 0.25) is 0 Å². The number of hydrogen-bond acceptors (Lipinski definition) is 6. The van der Waals surface area contributed by atoms with Crippen LogP contribution in [-0.4, -0.2) is 62.2 Å². The van der Waals surface area contributed by atoms with Gasteiger partial charge in [0.1, 0.15) is 18.3 Å². The first-order chi connectivity index (χ1) is 12.5. The van der Waals surface area contributed by atoms with E-state index in [0.717, 1.165) is 13.1 Å². The molecule has 140 valence electrons. The van der Waals surface area contributed by atoms with Gasteiger partial charge in [0.2, 0.25) is 5.91 Å². The molecule has 0 bridgehead atoms. The molecular weight excluding hydrogens is 341 g/mol. The zero-order valence-corrected chi connectivity index (χ0v) is 14.8. The third-order valence-electron chi connectivity index (χ3n) is 4.32. The molecule has 0 spiro atoms. The van der Waals surface area contributed by atoms with Crippen molar-refractivity contribution >= 4 is 29.7 Å². The highest BCUT2D eigenvalue weighted by Crippen LogP contribution is 2.28. The second-order valence-electron chi connectivity index (χ2n) is 6.16. The Morgan fingerprint density at radius 2 is 2.23 bits per heavy atom. The Morgan fingerprint density at radius 3 is 2.85 bits per heavy atom. The molecule has 9 heteroatoms. The first-order valence-electron chi connectivity index (χ1n) is 8.55. The van der Waals surface area contributed by atoms with Crippen LogP contribution in [-0.2, 0) is 9.53 Å². The summed E-state index contributed by atoms with van der Waals surface area (Å²) in [4.78, 5) is 26.1. The lowest BCUT2D eigenvalue weighted by Gasteiger charge is -2.29. The van der Waals surface area contributed by atoms with E-state index in [1.54, 1.807) is 23.4 Å². The lowest BCUT2D eigenvalue weighted by Crippen LogP contribution is -2.38. The number of hydrogen-bond donors (Lipinski definition) is 1. The average Bonchev–Trinajstić information content (AvgIpc) is 3.01. The van der Waals surface area contributed by atoms with E-state index >= 15 is 0 Å². The minimum absolute atomic E-state index is 0.195. The largest absolute Gasteiger partial charge is 0.442 e. The molecule has 1 aromatic carbocycles. The predicted molar refractivity (Wildman–Crippen MR) is 95.8 cm³/mol. The quantitative estimate of drug-likeness (QED) is 0.855. The van der Waals surface area contributed by atoms with E-state index in [-0.39, 0.29) is 19.0 Å². The van der Waals surface area contributed by atoms with Gasteiger partial charge in [-0.2, -0.15) is 5.10 Å². The van der Waals surface area contributed by atoms with E-state index in [2.05, 4.69) is 10.4 Å². The third-order valence-corrected chi connectivity index (χ3v) is 4.32. The van der Waals surface area contributed by atoms with Gasteiger partial charge in [0.05, 0.1) is 31.0 Å². The van der Waals surface area contributed by atoms with Crippen molar-refractivity contribution in [3.8, 4) is 0 Å². The number of nitrogens with one attached hydrogen (secondary N) is 1. The molecule has 0 aromatic heterocycles. The summed E-state index contributed by atoms with van der Waals surface area (Å²) in [6.07, 6.45) is 0.604. The monoisotopic (exact) mass is 363 g/mol. The molecule has 1 N–H and O–H groups in total. The summed E-state index contributed by atoms with van der Waals surface area (Å²) in [5.74, 6) is -0.628. The number of hydrazone groups is 1. The molecule has 3 rings (SSSR count). The van der Waals surface area contributed by atoms with Crippen LogP contribution in [0.5, 0.6) is 0 Å². The average molecular weight is 363 g/mol. The van der Waals surface area contributed by atoms with Gasteiger partial charge in [-0.25, -0.2) is 9.18 Å². The summed E-state index contributed by atoms with van der Waals surface area (Å²) in [6.45, 7) is 6.06. The molecule has 1 atom stereocenters. The van der Waals surface area contributed by atoms with Gasteiger partial charge in [-0.15, -0.1) is 0 Å². The molecule has 2 heterocycles. The smallest absolute Gasteiger partial charge is 0.414 e. The van der Waals surface area contributed by atoms with Gasteiger partial charge in [-0.1, -0.05) is 0 Å². The molecule has 2 aliphatic heterocycles. The normalized spacial score (nSPS) is 19.7. The van der Waals surface area contributed by atoms with E-state index in [1.807, 2.05) is 11.9 Å². The molecule has 2 amide bonds. The number of carbonyl (C=O) groups is 2. The Hall–Kier alpha value is -2.84. The number of likely N-dealkylation sites (N-methyl/N-ethyl adjacent to an activating group) is 1. The van der Waals surface area contributed by atoms with Gasteiger partial charge in [0.15, 0.2) is 0 Å². The van der Waals surface area contributed by atoms with Gasteiger partial charge >= 0.3 is 6.09 Å². The fraction of sp³-hybridized carbons (Fsp3) is 0.471. The fourth-order valence-electron chi connectivity index (χ4n) is 2.89. The van der Waals surface area contributed by atoms with Crippen LogP contribution in [0, 0.1) is 5.82 Å². The van der Waals surface area contributed by atoms with Crippen molar-refractivity contribution in [2.24, 2.45) is 5.10 Å². The Kier molecular flexibility index (Phi) is 5.24. The zero-order chi connectivity index (χ0) is 18.7. The highest BCUT2D eigenvalue weighted by Gasteiger charge is 2.33. The fourth-order valence-corrected chi connectivity index (χ4v) is 2.89. The molecule has 8 nitrogen and oxygen atoms in total. The third kappa shape index (κ3) is 3.87. The molecule has 1 unspecified atom stereocenters. The first-order valence-corrected chi connectivity index (χ1v) is 8.55. The summed E-state index contributed by atoms with van der Waals surface area (Å²) in [5.41, 5.74) is 0.835. The second-order valence-corrected chi connectivity index (χ2v) is 6.16. The van der Waals surface area contributed by atoms with E-state index in [4.69, 9.17) is 4.74 Å². The molecule has 26 heavy (non-hydrogen) atoms. The maximum atomic E-state index is 14.6. The van der Waals surface area contributed by atoms with Crippen LogP contribution in [0.1, 0.15) is 13.8 Å². The maximum absolute atomic E-state index is 14.6. The first kappa shape index (κ1) is 18.0. The van der Waals surface area contributed by atoms with Crippen LogP contribution in [0.4, 0.5) is 20.6 Å². The van der Waals surface area contributed by atoms with Gasteiger partial charge in [0, 0.05) is 20.0 Å². The van der Waals surface area contributed by atoms with Gasteiger partial charge < -0.3 is 15.0 Å². The van der Waals surface area contributed by atoms with Crippen molar-refractivity contribution in [3.05, 3.63) is 24.0 Å². The number of halogens is 1. The molecule has 0 aliphatic carbocycles. The molecule has 0 saturated carbocycles. The summed E-state index contributed by atoms with van der Waals surface area (Å²) in [6, 6.07) is 4.63. The minimum atomic E-state index is -0.550. The standard InChI is InChI=1S/C17H22FN5O3/c1-3-22-7-6-21(11-20-22)16-5-4-13(8-15(16)18)23-10-14(26-17(23)25)9-19-12(2)24/h4-5,8,11,14H,3,6-7,9-10H2,1-2H3,(H,19,24). The Morgan fingerprint density at radius 1 is 1.42 bits per heavy atom. The lowest BCUT2D eigenvalue weighted by atomic mass is 10.2. The van der Waals surface area contributed by atoms with Crippen molar-refractivity contribution in [3.63, 3.8) is 0 Å². The number of carbonyl (C=O) groups excluding carboxylic acids is 2. The van der Waals surface area contributed by atoms with Crippen LogP contribution in [0.15, 0.2) is 23.3 Å². The maximum Gasteiger partial charge on any atom is 0.414 e. The number of nitrogens with zero attached hydrogens (tertiary/aromatic N) is 4. The number of benzene rings is 1. The number of anilines is 2. The lowest BCUT2D eigenvalue weighted by molar-refractivity contribution is -0.119. The molecule has 2 aliphatic rings. The van der Waals surface area contributed by atoms with Gasteiger partial charge in [-0.05, 0) is 25.1 Å². The Labute approximate surface area is 151 Å². The van der Waals surface area contributed by atoms with Crippen molar-refractivity contribution in [1.82, 2.24) is 10.3 Å². The summed E-state index contributed by atoms with van der Waals surface area (Å²) < 4.78 is 19.8. The van der Waals surface area contributed by atoms with Crippen LogP contribution in [0.3, 0.4) is 0 Å². The van der Waals surface area contributed by atoms with Crippen LogP contribution < -0.4 is 15.1 Å². The minimum Gasteiger partial charge on any atom is -0.442 e. The molecule has 0 radical (unpaired) electrons. The topological polar surface area (TPSA) is 77.5 Å². The van der Waals surface area contributed by atoms with E-state index in [0.29, 0.717) is 17.9 Å². The molecule has 1 saturated heterocycles. The highest BCUT2D eigenvalue weighted by molar-refractivity contribution is 5.90. The highest BCUT2D eigenvalue weighted by atomic mass is 19.1. The molecular formula is C17H22FN5O3. The van der Waals surface area contributed by atoms with Gasteiger partial charge in [0.25, 0.3) is 0 Å². The summed E-state index contributed by atoms with van der Waals surface area (Å²) in [7, 11) is 0. The Bertz CT molecular complexity index is 726. The van der Waals surface area contributed by atoms with Crippen LogP contribution >= 0.6 is 0 Å². The van der Waals surface area contributed by atoms with E-state index in [9.17, 15) is 14.0 Å². The number of ether oxygens (including phenoxy) is 1. The van der Waals surface area contributed by atoms with Crippen molar-refractivity contribution in [2.75, 3.05) is 42.5 Å². The van der Waals surface area contributed by atoms with Crippen molar-refractivity contribution in [1.29, 1.82) is 0 Å². The number of rotatable bonds is 5. The molecule has 1 fully saturated rings. The van der Waals surface area contributed by atoms with Gasteiger partial charge in [-0.3, -0.25) is 14.7 Å². The summed E-state index contributed by atoms with van der Waals surface area (Å²) in [5, 5.41) is 8.76. The number of amides is 2. The van der Waals surface area contributed by atoms with E-state index < -0.39 is 18.0 Å². The Balaban J connectivity index is 1.70. The summed E-state index contributed by atoms with van der Waals surface area (Å²) >= 11 is 0. The van der Waals surface area contributed by atoms with Crippen molar-refractivity contribution in [2.45, 2.75) is 20.0 Å². The van der Waals surface area contributed by atoms with Crippen molar-refractivity contribution < 1.29 is 18.7 Å². The SMILES string of the molecule is CCN1CCN(c2ccc(N3CC(CNC(C)=O)OC3=O)cc2F)C=N1. The number of cyclic esters (lactones) is 1. The van der Waals surface area contributed by atoms with E-state index in [1.165, 1.54) is 17.9 Å². The van der Waals surface area contributed by atoms with Crippen LogP contribution in [0.25, 0.3) is 0 Å². The predicted octanol–water partition coefficient (Wildman–Crippen LogP) is 1.37.